The first-order valence-corrected chi connectivity index (χ1v) is 15.2. The minimum Gasteiger partial charge on any atom is -0.355 e. The normalized spacial score (nSPS) is 23.3. The van der Waals surface area contributed by atoms with Crippen LogP contribution in [0.3, 0.4) is 0 Å². The number of rotatable bonds is 14. The molecule has 1 fully saturated rings. The van der Waals surface area contributed by atoms with Gasteiger partial charge in [-0.2, -0.15) is 11.8 Å². The molecule has 0 aliphatic heterocycles. The molecule has 0 spiro atoms. The minimum absolute atomic E-state index is 0.00119. The zero-order chi connectivity index (χ0) is 28.3. The van der Waals surface area contributed by atoms with Gasteiger partial charge in [0.05, 0.1) is 0 Å². The van der Waals surface area contributed by atoms with Crippen molar-refractivity contribution < 1.29 is 14.4 Å². The lowest BCUT2D eigenvalue weighted by atomic mass is 9.61. The summed E-state index contributed by atoms with van der Waals surface area (Å²) in [5.41, 5.74) is 0.316. The Morgan fingerprint density at radius 1 is 0.811 bits per heavy atom. The molecular formula is C29H56N4O3S. The predicted octanol–water partition coefficient (Wildman–Crippen LogP) is 4.51. The van der Waals surface area contributed by atoms with E-state index >= 15 is 0 Å². The largest absolute Gasteiger partial charge is 0.355 e. The number of carbonyl (C=O) groups is 3. The Morgan fingerprint density at radius 2 is 1.35 bits per heavy atom. The highest BCUT2D eigenvalue weighted by molar-refractivity contribution is 7.99. The van der Waals surface area contributed by atoms with Crippen molar-refractivity contribution in [1.29, 1.82) is 0 Å². The molecule has 8 heteroatoms. The van der Waals surface area contributed by atoms with Gasteiger partial charge in [-0.25, -0.2) is 0 Å². The minimum atomic E-state index is -0.0330. The Balaban J connectivity index is 2.25. The first kappa shape index (κ1) is 33.7. The number of carbonyl (C=O) groups excluding carboxylic acids is 3. The van der Waals surface area contributed by atoms with E-state index in [1.165, 1.54) is 0 Å². The summed E-state index contributed by atoms with van der Waals surface area (Å²) < 4.78 is 0. The first-order chi connectivity index (χ1) is 16.9. The van der Waals surface area contributed by atoms with Crippen LogP contribution in [0.25, 0.3) is 0 Å². The van der Waals surface area contributed by atoms with Gasteiger partial charge in [0.2, 0.25) is 17.7 Å². The van der Waals surface area contributed by atoms with E-state index < -0.39 is 0 Å². The Morgan fingerprint density at radius 3 is 1.89 bits per heavy atom. The molecule has 1 aliphatic carbocycles. The molecule has 0 aromatic heterocycles. The molecule has 1 atom stereocenters. The van der Waals surface area contributed by atoms with Crippen molar-refractivity contribution in [3.8, 4) is 0 Å². The number of hydrogen-bond acceptors (Lipinski definition) is 5. The summed E-state index contributed by atoms with van der Waals surface area (Å²) in [4.78, 5) is 36.8. The molecule has 0 bridgehead atoms. The molecule has 3 amide bonds. The van der Waals surface area contributed by atoms with Crippen molar-refractivity contribution in [1.82, 2.24) is 21.3 Å². The Kier molecular flexibility index (Phi) is 13.5. The monoisotopic (exact) mass is 540 g/mol. The summed E-state index contributed by atoms with van der Waals surface area (Å²) in [6.07, 6.45) is 5.31. The van der Waals surface area contributed by atoms with Crippen LogP contribution in [0, 0.1) is 22.2 Å². The first-order valence-electron chi connectivity index (χ1n) is 14.1. The maximum absolute atomic E-state index is 12.8. The molecule has 4 N–H and O–H groups in total. The highest BCUT2D eigenvalue weighted by Gasteiger charge is 2.42. The summed E-state index contributed by atoms with van der Waals surface area (Å²) in [6.45, 7) is 21.6. The number of amides is 3. The van der Waals surface area contributed by atoms with Gasteiger partial charge >= 0.3 is 0 Å². The zero-order valence-electron chi connectivity index (χ0n) is 25.2. The maximum atomic E-state index is 12.8. The van der Waals surface area contributed by atoms with Crippen molar-refractivity contribution >= 4 is 29.5 Å². The number of nitrogens with one attached hydrogen (secondary N) is 4. The third kappa shape index (κ3) is 14.4. The Hall–Kier alpha value is -1.28. The standard InChI is InChI=1S/C29H56N4O3S/c1-22(25(36)32-17-18-33-27(5,6)7)29(9)13-11-28(8,12-14-29)21-37-19-10-23(34)30-15-16-31-24(35)20-26(2,3)4/h22,33H,10-21H2,1-9H3,(H,30,34)(H,31,35)(H,32,36)/t22-,28-,29+/m1/s1. The molecule has 0 saturated heterocycles. The van der Waals surface area contributed by atoms with Crippen LogP contribution in [-0.2, 0) is 14.4 Å². The summed E-state index contributed by atoms with van der Waals surface area (Å²) in [6, 6.07) is 0. The van der Waals surface area contributed by atoms with E-state index in [0.717, 1.165) is 43.7 Å². The fraction of sp³-hybridized carbons (Fsp3) is 0.897. The lowest BCUT2D eigenvalue weighted by Crippen LogP contribution is -2.46. The molecule has 0 heterocycles. The van der Waals surface area contributed by atoms with Gasteiger partial charge in [-0.15, -0.1) is 0 Å². The quantitative estimate of drug-likeness (QED) is 0.243. The molecule has 7 nitrogen and oxygen atoms in total. The van der Waals surface area contributed by atoms with E-state index in [4.69, 9.17) is 0 Å². The van der Waals surface area contributed by atoms with Gasteiger partial charge in [0.25, 0.3) is 0 Å². The van der Waals surface area contributed by atoms with Gasteiger partial charge in [-0.1, -0.05) is 41.5 Å². The Bertz CT molecular complexity index is 734. The van der Waals surface area contributed by atoms with Crippen LogP contribution in [-0.4, -0.2) is 60.9 Å². The molecule has 1 saturated carbocycles. The molecule has 0 unspecified atom stereocenters. The van der Waals surface area contributed by atoms with Crippen LogP contribution in [0.15, 0.2) is 0 Å². The van der Waals surface area contributed by atoms with Gasteiger partial charge in [-0.3, -0.25) is 14.4 Å². The molecule has 0 aromatic carbocycles. The average molecular weight is 541 g/mol. The summed E-state index contributed by atoms with van der Waals surface area (Å²) in [5, 5.41) is 12.3. The number of thioether (sulfide) groups is 1. The molecule has 216 valence electrons. The van der Waals surface area contributed by atoms with Gasteiger partial charge in [0.15, 0.2) is 0 Å². The summed E-state index contributed by atoms with van der Waals surface area (Å²) in [7, 11) is 0. The highest BCUT2D eigenvalue weighted by atomic mass is 32.2. The van der Waals surface area contributed by atoms with Crippen LogP contribution in [0.2, 0.25) is 0 Å². The van der Waals surface area contributed by atoms with E-state index in [9.17, 15) is 14.4 Å². The molecule has 1 rings (SSSR count). The fourth-order valence-electron chi connectivity index (χ4n) is 4.61. The van der Waals surface area contributed by atoms with Gasteiger partial charge in [-0.05, 0) is 68.5 Å². The van der Waals surface area contributed by atoms with Crippen molar-refractivity contribution in [2.75, 3.05) is 37.7 Å². The van der Waals surface area contributed by atoms with Crippen molar-refractivity contribution in [3.05, 3.63) is 0 Å². The van der Waals surface area contributed by atoms with Crippen LogP contribution in [0.1, 0.15) is 101 Å². The van der Waals surface area contributed by atoms with Crippen LogP contribution in [0.5, 0.6) is 0 Å². The average Bonchev–Trinajstić information content (AvgIpc) is 2.77. The van der Waals surface area contributed by atoms with Gasteiger partial charge < -0.3 is 21.3 Å². The van der Waals surface area contributed by atoms with E-state index in [1.54, 1.807) is 0 Å². The van der Waals surface area contributed by atoms with Gasteiger partial charge in [0, 0.05) is 56.2 Å². The van der Waals surface area contributed by atoms with Crippen molar-refractivity contribution in [2.45, 2.75) is 106 Å². The zero-order valence-corrected chi connectivity index (χ0v) is 26.0. The van der Waals surface area contributed by atoms with E-state index in [1.807, 2.05) is 32.5 Å². The smallest absolute Gasteiger partial charge is 0.223 e. The second-order valence-corrected chi connectivity index (χ2v) is 15.0. The van der Waals surface area contributed by atoms with Crippen LogP contribution in [0.4, 0.5) is 0 Å². The lowest BCUT2D eigenvalue weighted by molar-refractivity contribution is -0.129. The van der Waals surface area contributed by atoms with Crippen molar-refractivity contribution in [3.63, 3.8) is 0 Å². The Labute approximate surface area is 231 Å². The van der Waals surface area contributed by atoms with E-state index in [2.05, 4.69) is 62.8 Å². The molecule has 0 radical (unpaired) electrons. The lowest BCUT2D eigenvalue weighted by Gasteiger charge is -2.45. The third-order valence-electron chi connectivity index (χ3n) is 7.50. The summed E-state index contributed by atoms with van der Waals surface area (Å²) >= 11 is 1.85. The molecule has 37 heavy (non-hydrogen) atoms. The van der Waals surface area contributed by atoms with Crippen LogP contribution >= 0.6 is 11.8 Å². The van der Waals surface area contributed by atoms with Gasteiger partial charge in [0.1, 0.15) is 0 Å². The van der Waals surface area contributed by atoms with Crippen LogP contribution < -0.4 is 21.3 Å². The third-order valence-corrected chi connectivity index (χ3v) is 8.90. The SMILES string of the molecule is C[C@H](C(=O)NCCNC(C)(C)C)[C@]1(C)CC[C@](C)(CSCCC(=O)NCCNC(=O)CC(C)(C)C)CC1. The molecule has 0 aromatic rings. The van der Waals surface area contributed by atoms with E-state index in [-0.39, 0.29) is 45.4 Å². The van der Waals surface area contributed by atoms with E-state index in [0.29, 0.717) is 32.5 Å². The van der Waals surface area contributed by atoms with Crippen molar-refractivity contribution in [2.24, 2.45) is 22.2 Å². The molecule has 1 aliphatic rings. The maximum Gasteiger partial charge on any atom is 0.223 e. The molecular weight excluding hydrogens is 484 g/mol. The summed E-state index contributed by atoms with van der Waals surface area (Å²) in [5.74, 6) is 2.07. The fourth-order valence-corrected chi connectivity index (χ4v) is 5.87. The second kappa shape index (κ2) is 14.8. The second-order valence-electron chi connectivity index (χ2n) is 13.9. The highest BCUT2D eigenvalue weighted by Crippen LogP contribution is 2.50. The predicted molar refractivity (Wildman–Crippen MR) is 157 cm³/mol. The number of hydrogen-bond donors (Lipinski definition) is 4. The topological polar surface area (TPSA) is 99.3 Å².